The fourth-order valence-corrected chi connectivity index (χ4v) is 2.26. The summed E-state index contributed by atoms with van der Waals surface area (Å²) in [4.78, 5) is 23.5. The van der Waals surface area contributed by atoms with E-state index in [2.05, 4.69) is 21.2 Å². The molecular formula is C19H19F3N4O4. The van der Waals surface area contributed by atoms with Gasteiger partial charge in [0.05, 0.1) is 26.0 Å². The highest BCUT2D eigenvalue weighted by Gasteiger charge is 2.30. The van der Waals surface area contributed by atoms with E-state index in [9.17, 15) is 22.8 Å². The predicted molar refractivity (Wildman–Crippen MR) is 104 cm³/mol. The molecule has 0 fully saturated rings. The van der Waals surface area contributed by atoms with E-state index in [0.29, 0.717) is 17.1 Å². The number of carbonyl (C=O) groups is 2. The van der Waals surface area contributed by atoms with Gasteiger partial charge in [-0.1, -0.05) is 6.07 Å². The molecule has 0 aliphatic rings. The number of hydrogen-bond donors (Lipinski definition) is 3. The second-order valence-corrected chi connectivity index (χ2v) is 5.79. The van der Waals surface area contributed by atoms with Crippen molar-refractivity contribution in [1.82, 2.24) is 10.7 Å². The molecule has 0 aliphatic carbocycles. The third kappa shape index (κ3) is 6.69. The summed E-state index contributed by atoms with van der Waals surface area (Å²) < 4.78 is 48.3. The van der Waals surface area contributed by atoms with Gasteiger partial charge in [0.25, 0.3) is 5.91 Å². The number of anilines is 1. The Morgan fingerprint density at radius 2 is 1.80 bits per heavy atom. The first-order valence-corrected chi connectivity index (χ1v) is 8.49. The molecule has 3 N–H and O–H groups in total. The number of hydrazone groups is 1. The lowest BCUT2D eigenvalue weighted by Gasteiger charge is -2.10. The minimum atomic E-state index is -4.53. The van der Waals surface area contributed by atoms with Crippen LogP contribution in [0.2, 0.25) is 0 Å². The monoisotopic (exact) mass is 424 g/mol. The number of hydrogen-bond acceptors (Lipinski definition) is 5. The van der Waals surface area contributed by atoms with Gasteiger partial charge in [-0.05, 0) is 42.0 Å². The quantitative estimate of drug-likeness (QED) is 0.470. The lowest BCUT2D eigenvalue weighted by atomic mass is 10.2. The lowest BCUT2D eigenvalue weighted by Crippen LogP contribution is -2.37. The Hall–Kier alpha value is -3.76. The van der Waals surface area contributed by atoms with Crippen LogP contribution in [0.25, 0.3) is 0 Å². The summed E-state index contributed by atoms with van der Waals surface area (Å²) in [6.45, 7) is -0.436. The van der Waals surface area contributed by atoms with E-state index in [1.165, 1.54) is 26.5 Å². The van der Waals surface area contributed by atoms with Crippen molar-refractivity contribution in [3.8, 4) is 11.5 Å². The standard InChI is InChI=1S/C19H19F3N4O4/c1-29-15-7-6-12(8-16(15)30-2)10-24-26-17(27)11-23-18(28)25-14-5-3-4-13(9-14)19(20,21)22/h3-10H,11H2,1-2H3,(H,26,27)(H2,23,25,28). The Morgan fingerprint density at radius 3 is 2.47 bits per heavy atom. The number of carbonyl (C=O) groups excluding carboxylic acids is 2. The van der Waals surface area contributed by atoms with Gasteiger partial charge in [-0.25, -0.2) is 10.2 Å². The van der Waals surface area contributed by atoms with Crippen LogP contribution in [0.1, 0.15) is 11.1 Å². The number of alkyl halides is 3. The van der Waals surface area contributed by atoms with Crippen molar-refractivity contribution >= 4 is 23.8 Å². The molecule has 0 radical (unpaired) electrons. The molecule has 0 saturated carbocycles. The van der Waals surface area contributed by atoms with E-state index < -0.39 is 30.2 Å². The Morgan fingerprint density at radius 1 is 1.07 bits per heavy atom. The number of nitrogens with one attached hydrogen (secondary N) is 3. The number of benzene rings is 2. The van der Waals surface area contributed by atoms with E-state index in [-0.39, 0.29) is 5.69 Å². The molecule has 0 spiro atoms. The molecule has 2 rings (SSSR count). The SMILES string of the molecule is COc1ccc(C=NNC(=O)CNC(=O)Nc2cccc(C(F)(F)F)c2)cc1OC. The molecule has 0 aromatic heterocycles. The first kappa shape index (κ1) is 22.5. The number of nitrogens with zero attached hydrogens (tertiary/aromatic N) is 1. The van der Waals surface area contributed by atoms with Crippen molar-refractivity contribution in [3.05, 3.63) is 53.6 Å². The number of methoxy groups -OCH3 is 2. The molecule has 0 heterocycles. The summed E-state index contributed by atoms with van der Waals surface area (Å²) in [5.74, 6) is 0.390. The topological polar surface area (TPSA) is 101 Å². The smallest absolute Gasteiger partial charge is 0.416 e. The fraction of sp³-hybridized carbons (Fsp3) is 0.211. The van der Waals surface area contributed by atoms with Gasteiger partial charge in [0.1, 0.15) is 6.54 Å². The van der Waals surface area contributed by atoms with Crippen molar-refractivity contribution < 1.29 is 32.2 Å². The molecule has 0 aliphatic heterocycles. The normalized spacial score (nSPS) is 11.1. The van der Waals surface area contributed by atoms with Crippen molar-refractivity contribution in [2.24, 2.45) is 5.10 Å². The van der Waals surface area contributed by atoms with Crippen LogP contribution in [0.5, 0.6) is 11.5 Å². The predicted octanol–water partition coefficient (Wildman–Crippen LogP) is 2.99. The van der Waals surface area contributed by atoms with Crippen molar-refractivity contribution in [2.45, 2.75) is 6.18 Å². The Balaban J connectivity index is 1.82. The van der Waals surface area contributed by atoms with E-state index in [4.69, 9.17) is 9.47 Å². The molecule has 8 nitrogen and oxygen atoms in total. The van der Waals surface area contributed by atoms with Crippen molar-refractivity contribution in [2.75, 3.05) is 26.1 Å². The molecule has 0 unspecified atom stereocenters. The average molecular weight is 424 g/mol. The molecule has 160 valence electrons. The largest absolute Gasteiger partial charge is 0.493 e. The van der Waals surface area contributed by atoms with Gasteiger partial charge >= 0.3 is 12.2 Å². The van der Waals surface area contributed by atoms with Gasteiger partial charge in [-0.2, -0.15) is 18.3 Å². The van der Waals surface area contributed by atoms with Gasteiger partial charge in [0.15, 0.2) is 11.5 Å². The van der Waals surface area contributed by atoms with Crippen LogP contribution in [0.3, 0.4) is 0 Å². The highest BCUT2D eigenvalue weighted by molar-refractivity contribution is 5.92. The zero-order valence-electron chi connectivity index (χ0n) is 16.0. The minimum Gasteiger partial charge on any atom is -0.493 e. The van der Waals surface area contributed by atoms with Crippen LogP contribution < -0.4 is 25.5 Å². The first-order chi connectivity index (χ1) is 14.2. The van der Waals surface area contributed by atoms with E-state index in [0.717, 1.165) is 18.2 Å². The second kappa shape index (κ2) is 10.1. The first-order valence-electron chi connectivity index (χ1n) is 8.49. The Bertz CT molecular complexity index is 932. The van der Waals surface area contributed by atoms with E-state index in [1.807, 2.05) is 0 Å². The number of amides is 3. The molecule has 0 atom stereocenters. The van der Waals surface area contributed by atoms with Crippen molar-refractivity contribution in [1.29, 1.82) is 0 Å². The lowest BCUT2D eigenvalue weighted by molar-refractivity contribution is -0.137. The van der Waals surface area contributed by atoms with Crippen LogP contribution in [0, 0.1) is 0 Å². The zero-order valence-corrected chi connectivity index (χ0v) is 16.0. The maximum absolute atomic E-state index is 12.7. The molecule has 11 heteroatoms. The summed E-state index contributed by atoms with van der Waals surface area (Å²) in [5, 5.41) is 8.19. The fourth-order valence-electron chi connectivity index (χ4n) is 2.26. The molecule has 30 heavy (non-hydrogen) atoms. The van der Waals surface area contributed by atoms with Gasteiger partial charge in [0, 0.05) is 5.69 Å². The molecular weight excluding hydrogens is 405 g/mol. The van der Waals surface area contributed by atoms with Crippen LogP contribution in [0.15, 0.2) is 47.6 Å². The summed E-state index contributed by atoms with van der Waals surface area (Å²) in [7, 11) is 2.98. The minimum absolute atomic E-state index is 0.0609. The summed E-state index contributed by atoms with van der Waals surface area (Å²) in [6.07, 6.45) is -3.16. The highest BCUT2D eigenvalue weighted by atomic mass is 19.4. The molecule has 0 saturated heterocycles. The summed E-state index contributed by atoms with van der Waals surface area (Å²) >= 11 is 0. The van der Waals surface area contributed by atoms with Crippen LogP contribution >= 0.6 is 0 Å². The molecule has 0 bridgehead atoms. The number of ether oxygens (including phenoxy) is 2. The van der Waals surface area contributed by atoms with E-state index in [1.54, 1.807) is 18.2 Å². The summed E-state index contributed by atoms with van der Waals surface area (Å²) in [5.41, 5.74) is 1.88. The third-order valence-corrected chi connectivity index (χ3v) is 3.67. The van der Waals surface area contributed by atoms with Crippen molar-refractivity contribution in [3.63, 3.8) is 0 Å². The Labute approximate surface area is 170 Å². The second-order valence-electron chi connectivity index (χ2n) is 5.79. The summed E-state index contributed by atoms with van der Waals surface area (Å²) in [6, 6.07) is 8.29. The maximum atomic E-state index is 12.7. The average Bonchev–Trinajstić information content (AvgIpc) is 2.71. The highest BCUT2D eigenvalue weighted by Crippen LogP contribution is 2.30. The number of rotatable bonds is 7. The Kier molecular flexibility index (Phi) is 7.62. The van der Waals surface area contributed by atoms with Gasteiger partial charge in [-0.3, -0.25) is 4.79 Å². The third-order valence-electron chi connectivity index (χ3n) is 3.67. The molecule has 2 aromatic carbocycles. The molecule has 3 amide bonds. The van der Waals surface area contributed by atoms with Crippen LogP contribution in [-0.2, 0) is 11.0 Å². The maximum Gasteiger partial charge on any atom is 0.416 e. The van der Waals surface area contributed by atoms with Gasteiger partial charge < -0.3 is 20.1 Å². The number of halogens is 3. The number of urea groups is 1. The van der Waals surface area contributed by atoms with E-state index >= 15 is 0 Å². The van der Waals surface area contributed by atoms with Gasteiger partial charge in [-0.15, -0.1) is 0 Å². The van der Waals surface area contributed by atoms with Crippen LogP contribution in [-0.4, -0.2) is 38.9 Å². The van der Waals surface area contributed by atoms with Crippen LogP contribution in [0.4, 0.5) is 23.7 Å². The van der Waals surface area contributed by atoms with Gasteiger partial charge in [0.2, 0.25) is 0 Å². The molecule has 2 aromatic rings. The zero-order chi connectivity index (χ0) is 22.1.